The van der Waals surface area contributed by atoms with Crippen LogP contribution in [0.3, 0.4) is 0 Å². The van der Waals surface area contributed by atoms with Crippen LogP contribution in [0.2, 0.25) is 10.0 Å². The first kappa shape index (κ1) is 23.7. The third-order valence-corrected chi connectivity index (χ3v) is 7.06. The standard InChI is InChI=1S/C24H19Cl2NO4S2/c1-29-18-8-6-14(12-20(18)30-2)10-11-27-23(28)21(33-24(27)32)13-15-7-9-19(31-15)22-16(25)4-3-5-17(22)26/h3-9,12-13H,10-11H2,1-2H3/b21-13+. The van der Waals surface area contributed by atoms with Crippen LogP contribution in [0.4, 0.5) is 0 Å². The van der Waals surface area contributed by atoms with Gasteiger partial charge in [0, 0.05) is 12.6 Å². The number of benzene rings is 2. The summed E-state index contributed by atoms with van der Waals surface area (Å²) in [4.78, 5) is 15.1. The number of furan rings is 1. The van der Waals surface area contributed by atoms with E-state index in [1.165, 1.54) is 11.8 Å². The number of halogens is 2. The number of amides is 1. The van der Waals surface area contributed by atoms with E-state index in [0.717, 1.165) is 5.56 Å². The third-order valence-electron chi connectivity index (χ3n) is 5.05. The number of ether oxygens (including phenoxy) is 2. The largest absolute Gasteiger partial charge is 0.493 e. The fraction of sp³-hybridized carbons (Fsp3) is 0.167. The molecule has 1 aliphatic rings. The molecule has 3 aromatic rings. The number of carbonyl (C=O) groups excluding carboxylic acids is 1. The minimum Gasteiger partial charge on any atom is -0.493 e. The lowest BCUT2D eigenvalue weighted by Gasteiger charge is -2.15. The van der Waals surface area contributed by atoms with Crippen LogP contribution < -0.4 is 9.47 Å². The molecule has 1 amide bonds. The smallest absolute Gasteiger partial charge is 0.266 e. The lowest BCUT2D eigenvalue weighted by molar-refractivity contribution is -0.122. The second kappa shape index (κ2) is 10.2. The van der Waals surface area contributed by atoms with E-state index in [9.17, 15) is 4.79 Å². The monoisotopic (exact) mass is 519 g/mol. The van der Waals surface area contributed by atoms with Crippen molar-refractivity contribution in [1.29, 1.82) is 0 Å². The van der Waals surface area contributed by atoms with E-state index in [1.807, 2.05) is 18.2 Å². The molecule has 1 saturated heterocycles. The van der Waals surface area contributed by atoms with Gasteiger partial charge in [-0.25, -0.2) is 0 Å². The van der Waals surface area contributed by atoms with Gasteiger partial charge in [0.25, 0.3) is 5.91 Å². The van der Waals surface area contributed by atoms with Crippen LogP contribution in [0.5, 0.6) is 11.5 Å². The Hall–Kier alpha value is -2.45. The minimum atomic E-state index is -0.154. The zero-order chi connectivity index (χ0) is 23.5. The Morgan fingerprint density at radius 3 is 2.48 bits per heavy atom. The maximum absolute atomic E-state index is 13.0. The fourth-order valence-electron chi connectivity index (χ4n) is 3.40. The highest BCUT2D eigenvalue weighted by Crippen LogP contribution is 2.37. The van der Waals surface area contributed by atoms with E-state index in [4.69, 9.17) is 49.3 Å². The number of thioether (sulfide) groups is 1. The summed E-state index contributed by atoms with van der Waals surface area (Å²) in [5, 5.41) is 0.981. The molecule has 0 N–H and O–H groups in total. The molecule has 0 radical (unpaired) electrons. The lowest BCUT2D eigenvalue weighted by Crippen LogP contribution is -2.30. The Morgan fingerprint density at radius 2 is 1.79 bits per heavy atom. The van der Waals surface area contributed by atoms with E-state index in [2.05, 4.69) is 0 Å². The van der Waals surface area contributed by atoms with Crippen LogP contribution >= 0.6 is 47.2 Å². The van der Waals surface area contributed by atoms with Crippen LogP contribution in [0.1, 0.15) is 11.3 Å². The van der Waals surface area contributed by atoms with Gasteiger partial charge in [0.1, 0.15) is 15.8 Å². The maximum atomic E-state index is 13.0. The fourth-order valence-corrected chi connectivity index (χ4v) is 5.27. The summed E-state index contributed by atoms with van der Waals surface area (Å²) in [6.45, 7) is 0.454. The van der Waals surface area contributed by atoms with Crippen LogP contribution in [0.25, 0.3) is 17.4 Å². The number of methoxy groups -OCH3 is 2. The van der Waals surface area contributed by atoms with Crippen LogP contribution in [0, 0.1) is 0 Å². The van der Waals surface area contributed by atoms with Gasteiger partial charge in [-0.15, -0.1) is 0 Å². The minimum absolute atomic E-state index is 0.154. The third kappa shape index (κ3) is 5.06. The van der Waals surface area contributed by atoms with Gasteiger partial charge in [-0.05, 0) is 48.4 Å². The van der Waals surface area contributed by atoms with E-state index in [0.29, 0.717) is 60.8 Å². The molecule has 33 heavy (non-hydrogen) atoms. The number of carbonyl (C=O) groups is 1. The zero-order valence-corrected chi connectivity index (χ0v) is 20.9. The molecular formula is C24H19Cl2NO4S2. The molecule has 1 fully saturated rings. The first-order valence-electron chi connectivity index (χ1n) is 9.91. The normalized spacial score (nSPS) is 14.9. The average Bonchev–Trinajstić information content (AvgIpc) is 3.36. The van der Waals surface area contributed by atoms with Crippen molar-refractivity contribution in [3.8, 4) is 22.8 Å². The predicted octanol–water partition coefficient (Wildman–Crippen LogP) is 6.71. The SMILES string of the molecule is COc1ccc(CCN2C(=O)/C(=C\c3ccc(-c4c(Cl)cccc4Cl)o3)SC2=S)cc1OC. The van der Waals surface area contributed by atoms with E-state index < -0.39 is 0 Å². The molecule has 0 saturated carbocycles. The summed E-state index contributed by atoms with van der Waals surface area (Å²) >= 11 is 19.2. The molecule has 1 aliphatic heterocycles. The molecule has 1 aromatic heterocycles. The summed E-state index contributed by atoms with van der Waals surface area (Å²) < 4.78 is 17.0. The Morgan fingerprint density at radius 1 is 1.06 bits per heavy atom. The molecular weight excluding hydrogens is 501 g/mol. The average molecular weight is 520 g/mol. The summed E-state index contributed by atoms with van der Waals surface area (Å²) in [7, 11) is 3.18. The van der Waals surface area contributed by atoms with Crippen LogP contribution in [0.15, 0.2) is 57.9 Å². The Labute approximate surface area is 211 Å². The first-order chi connectivity index (χ1) is 15.9. The van der Waals surface area contributed by atoms with Crippen molar-refractivity contribution >= 4 is 63.5 Å². The van der Waals surface area contributed by atoms with Gasteiger partial charge in [-0.2, -0.15) is 0 Å². The van der Waals surface area contributed by atoms with Gasteiger partial charge in [0.05, 0.1) is 34.7 Å². The Kier molecular flexibility index (Phi) is 7.34. The molecule has 0 aliphatic carbocycles. The maximum Gasteiger partial charge on any atom is 0.266 e. The highest BCUT2D eigenvalue weighted by atomic mass is 35.5. The molecule has 4 rings (SSSR count). The molecule has 170 valence electrons. The Bertz CT molecular complexity index is 1230. The van der Waals surface area contributed by atoms with Crippen molar-refractivity contribution < 1.29 is 18.7 Å². The van der Waals surface area contributed by atoms with Crippen LogP contribution in [-0.2, 0) is 11.2 Å². The molecule has 2 heterocycles. The van der Waals surface area contributed by atoms with Gasteiger partial charge in [-0.3, -0.25) is 9.69 Å². The number of nitrogens with zero attached hydrogens (tertiary/aromatic N) is 1. The topological polar surface area (TPSA) is 51.9 Å². The summed E-state index contributed by atoms with van der Waals surface area (Å²) in [6, 6.07) is 14.5. The van der Waals surface area contributed by atoms with Crippen molar-refractivity contribution in [1.82, 2.24) is 4.90 Å². The number of hydrogen-bond acceptors (Lipinski definition) is 6. The highest BCUT2D eigenvalue weighted by molar-refractivity contribution is 8.26. The lowest BCUT2D eigenvalue weighted by atomic mass is 10.1. The molecule has 0 spiro atoms. The molecule has 0 atom stereocenters. The van der Waals surface area contributed by atoms with Crippen LogP contribution in [-0.4, -0.2) is 35.9 Å². The molecule has 2 aromatic carbocycles. The quantitative estimate of drug-likeness (QED) is 0.255. The van der Waals surface area contributed by atoms with Gasteiger partial charge < -0.3 is 13.9 Å². The molecule has 5 nitrogen and oxygen atoms in total. The second-order valence-corrected chi connectivity index (χ2v) is 9.56. The Balaban J connectivity index is 1.48. The van der Waals surface area contributed by atoms with E-state index in [-0.39, 0.29) is 5.91 Å². The van der Waals surface area contributed by atoms with Crippen molar-refractivity contribution in [2.24, 2.45) is 0 Å². The molecule has 0 bridgehead atoms. The van der Waals surface area contributed by atoms with Gasteiger partial charge in [0.2, 0.25) is 0 Å². The van der Waals surface area contributed by atoms with Gasteiger partial charge >= 0.3 is 0 Å². The number of thiocarbonyl (C=S) groups is 1. The van der Waals surface area contributed by atoms with Crippen molar-refractivity contribution in [3.63, 3.8) is 0 Å². The van der Waals surface area contributed by atoms with Crippen molar-refractivity contribution in [2.45, 2.75) is 6.42 Å². The van der Waals surface area contributed by atoms with Crippen molar-refractivity contribution in [2.75, 3.05) is 20.8 Å². The first-order valence-corrected chi connectivity index (χ1v) is 11.9. The van der Waals surface area contributed by atoms with E-state index in [1.54, 1.807) is 55.5 Å². The predicted molar refractivity (Wildman–Crippen MR) is 137 cm³/mol. The van der Waals surface area contributed by atoms with Crippen molar-refractivity contribution in [3.05, 3.63) is 74.8 Å². The summed E-state index contributed by atoms with van der Waals surface area (Å²) in [5.74, 6) is 2.19. The second-order valence-electron chi connectivity index (χ2n) is 7.07. The zero-order valence-electron chi connectivity index (χ0n) is 17.8. The highest BCUT2D eigenvalue weighted by Gasteiger charge is 2.32. The summed E-state index contributed by atoms with van der Waals surface area (Å²) in [6.07, 6.45) is 2.31. The summed E-state index contributed by atoms with van der Waals surface area (Å²) in [5.41, 5.74) is 1.63. The molecule has 9 heteroatoms. The molecule has 0 unspecified atom stereocenters. The van der Waals surface area contributed by atoms with Gasteiger partial charge in [-0.1, -0.05) is 59.3 Å². The van der Waals surface area contributed by atoms with E-state index >= 15 is 0 Å². The number of rotatable bonds is 7. The number of hydrogen-bond donors (Lipinski definition) is 0. The van der Waals surface area contributed by atoms with Gasteiger partial charge in [0.15, 0.2) is 11.5 Å².